The van der Waals surface area contributed by atoms with Gasteiger partial charge in [-0.3, -0.25) is 4.98 Å². The largest absolute Gasteiger partial charge is 0.497 e. The molecule has 0 fully saturated rings. The zero-order chi connectivity index (χ0) is 24.9. The molecule has 37 heavy (non-hydrogen) atoms. The second kappa shape index (κ2) is 8.27. The highest BCUT2D eigenvalue weighted by Gasteiger charge is 2.38. The summed E-state index contributed by atoms with van der Waals surface area (Å²) in [6, 6.07) is 21.8. The van der Waals surface area contributed by atoms with Crippen molar-refractivity contribution in [3.63, 3.8) is 0 Å². The third-order valence-electron chi connectivity index (χ3n) is 6.61. The molecule has 6 aromatic rings. The van der Waals surface area contributed by atoms with Crippen LogP contribution in [0.3, 0.4) is 0 Å². The smallest absolute Gasteiger partial charge is 0.230 e. The number of hydrogen-bond acceptors (Lipinski definition) is 7. The maximum Gasteiger partial charge on any atom is 0.230 e. The second-order valence-corrected chi connectivity index (χ2v) is 8.76. The van der Waals surface area contributed by atoms with Crippen molar-refractivity contribution in [3.05, 3.63) is 108 Å². The van der Waals surface area contributed by atoms with Crippen molar-refractivity contribution in [2.75, 3.05) is 7.11 Å². The van der Waals surface area contributed by atoms with Crippen LogP contribution in [-0.4, -0.2) is 41.5 Å². The van der Waals surface area contributed by atoms with E-state index in [9.17, 15) is 0 Å². The summed E-state index contributed by atoms with van der Waals surface area (Å²) in [4.78, 5) is 13.7. The molecule has 0 aliphatic carbocycles. The Labute approximate surface area is 212 Å². The van der Waals surface area contributed by atoms with Crippen molar-refractivity contribution in [3.8, 4) is 34.6 Å². The van der Waals surface area contributed by atoms with Crippen molar-refractivity contribution >= 4 is 5.65 Å². The van der Waals surface area contributed by atoms with Gasteiger partial charge >= 0.3 is 0 Å². The molecule has 5 heterocycles. The van der Waals surface area contributed by atoms with Crippen molar-refractivity contribution in [2.45, 2.75) is 12.8 Å². The molecule has 0 amide bonds. The van der Waals surface area contributed by atoms with Crippen LogP contribution in [-0.2, 0) is 0 Å². The molecule has 9 heteroatoms. The monoisotopic (exact) mass is 487 g/mol. The topological polar surface area (TPSA) is 92.2 Å². The van der Waals surface area contributed by atoms with Crippen LogP contribution < -0.4 is 9.47 Å². The van der Waals surface area contributed by atoms with Gasteiger partial charge in [-0.2, -0.15) is 5.10 Å². The molecular formula is C28H21N7O2. The number of aromatic nitrogens is 7. The molecule has 0 saturated heterocycles. The second-order valence-electron chi connectivity index (χ2n) is 8.76. The standard InChI is InChI=1S/C28H21N7O2/c1-17-22-23(18-8-10-21(36-2)11-9-18)24-26-31-25(19-12-14-29-15-13-19)33-34(26)16-30-27(24)37-28(22)35(32-17)20-6-4-3-5-7-20/h3-16,23H,1-2H3/t23-/m1/s1. The number of rotatable bonds is 4. The lowest BCUT2D eigenvalue weighted by atomic mass is 9.84. The zero-order valence-corrected chi connectivity index (χ0v) is 20.1. The molecule has 2 aromatic carbocycles. The first-order chi connectivity index (χ1) is 18.2. The maximum atomic E-state index is 6.48. The SMILES string of the molecule is COc1ccc([C@@H]2c3c(C)nn(-c4ccccc4)c3Oc3ncn4nc(-c5ccncc5)nc4c32)cc1. The Morgan fingerprint density at radius 2 is 1.68 bits per heavy atom. The summed E-state index contributed by atoms with van der Waals surface area (Å²) >= 11 is 0. The van der Waals surface area contributed by atoms with Crippen LogP contribution in [0.25, 0.3) is 22.7 Å². The van der Waals surface area contributed by atoms with Crippen LogP contribution in [0.2, 0.25) is 0 Å². The quantitative estimate of drug-likeness (QED) is 0.346. The Hall–Kier alpha value is -5.05. The van der Waals surface area contributed by atoms with E-state index in [-0.39, 0.29) is 5.92 Å². The van der Waals surface area contributed by atoms with Crippen LogP contribution in [0.4, 0.5) is 0 Å². The first-order valence-electron chi connectivity index (χ1n) is 11.8. The summed E-state index contributed by atoms with van der Waals surface area (Å²) in [5.74, 6) is 2.27. The average molecular weight is 488 g/mol. The average Bonchev–Trinajstić information content (AvgIpc) is 3.54. The fourth-order valence-corrected chi connectivity index (χ4v) is 4.88. The minimum absolute atomic E-state index is 0.229. The number of methoxy groups -OCH3 is 1. The Morgan fingerprint density at radius 3 is 2.43 bits per heavy atom. The van der Waals surface area contributed by atoms with Crippen molar-refractivity contribution in [1.82, 2.24) is 34.3 Å². The van der Waals surface area contributed by atoms with Crippen molar-refractivity contribution in [2.24, 2.45) is 0 Å². The van der Waals surface area contributed by atoms with Gasteiger partial charge in [0.1, 0.15) is 12.1 Å². The molecule has 1 atom stereocenters. The molecular weight excluding hydrogens is 466 g/mol. The van der Waals surface area contributed by atoms with Gasteiger partial charge in [-0.25, -0.2) is 19.2 Å². The Morgan fingerprint density at radius 1 is 0.892 bits per heavy atom. The highest BCUT2D eigenvalue weighted by atomic mass is 16.5. The minimum atomic E-state index is -0.229. The van der Waals surface area contributed by atoms with E-state index >= 15 is 0 Å². The van der Waals surface area contributed by atoms with Gasteiger partial charge in [0.15, 0.2) is 11.5 Å². The van der Waals surface area contributed by atoms with E-state index in [0.29, 0.717) is 23.2 Å². The van der Waals surface area contributed by atoms with E-state index in [2.05, 4.69) is 22.1 Å². The normalized spacial score (nSPS) is 14.2. The van der Waals surface area contributed by atoms with Gasteiger partial charge in [0.25, 0.3) is 0 Å². The minimum Gasteiger partial charge on any atom is -0.497 e. The van der Waals surface area contributed by atoms with Crippen LogP contribution in [0.15, 0.2) is 85.5 Å². The molecule has 180 valence electrons. The predicted octanol–water partition coefficient (Wildman–Crippen LogP) is 4.97. The number of aryl methyl sites for hydroxylation is 1. The molecule has 9 nitrogen and oxygen atoms in total. The van der Waals surface area contributed by atoms with Gasteiger partial charge in [0.2, 0.25) is 11.8 Å². The highest BCUT2D eigenvalue weighted by molar-refractivity contribution is 5.68. The number of fused-ring (bicyclic) bond motifs is 4. The molecule has 0 radical (unpaired) electrons. The van der Waals surface area contributed by atoms with Crippen LogP contribution in [0, 0.1) is 6.92 Å². The molecule has 7 rings (SSSR count). The summed E-state index contributed by atoms with van der Waals surface area (Å²) in [7, 11) is 1.66. The van der Waals surface area contributed by atoms with Gasteiger partial charge in [0, 0.05) is 18.0 Å². The number of hydrogen-bond donors (Lipinski definition) is 0. The maximum absolute atomic E-state index is 6.48. The molecule has 0 unspecified atom stereocenters. The van der Waals surface area contributed by atoms with Crippen LogP contribution in [0.5, 0.6) is 17.5 Å². The predicted molar refractivity (Wildman–Crippen MR) is 136 cm³/mol. The van der Waals surface area contributed by atoms with Crippen LogP contribution >= 0.6 is 0 Å². The molecule has 0 spiro atoms. The zero-order valence-electron chi connectivity index (χ0n) is 20.1. The fraction of sp³-hybridized carbons (Fsp3) is 0.107. The first kappa shape index (κ1) is 21.3. The molecule has 4 aromatic heterocycles. The van der Waals surface area contributed by atoms with Crippen molar-refractivity contribution in [1.29, 1.82) is 0 Å². The number of nitrogens with zero attached hydrogens (tertiary/aromatic N) is 7. The lowest BCUT2D eigenvalue weighted by Gasteiger charge is -2.26. The number of pyridine rings is 1. The number of benzene rings is 2. The van der Waals surface area contributed by atoms with E-state index in [0.717, 1.165) is 39.4 Å². The van der Waals surface area contributed by atoms with Gasteiger partial charge in [-0.05, 0) is 48.9 Å². The molecule has 0 saturated carbocycles. The molecule has 0 N–H and O–H groups in total. The first-order valence-corrected chi connectivity index (χ1v) is 11.8. The Kier molecular flexibility index (Phi) is 4.75. The molecule has 0 bridgehead atoms. The molecule has 1 aliphatic rings. The molecule has 1 aliphatic heterocycles. The summed E-state index contributed by atoms with van der Waals surface area (Å²) in [6.07, 6.45) is 5.09. The summed E-state index contributed by atoms with van der Waals surface area (Å²) in [5.41, 5.74) is 6.17. The van der Waals surface area contributed by atoms with E-state index in [1.54, 1.807) is 30.3 Å². The third-order valence-corrected chi connectivity index (χ3v) is 6.61. The Balaban J connectivity index is 1.49. The lowest BCUT2D eigenvalue weighted by Crippen LogP contribution is -2.16. The fourth-order valence-electron chi connectivity index (χ4n) is 4.88. The van der Waals surface area contributed by atoms with E-state index in [4.69, 9.17) is 24.7 Å². The number of para-hydroxylation sites is 1. The van der Waals surface area contributed by atoms with Gasteiger partial charge in [-0.1, -0.05) is 30.3 Å². The number of ether oxygens (including phenoxy) is 2. The summed E-state index contributed by atoms with van der Waals surface area (Å²) in [6.45, 7) is 2.00. The summed E-state index contributed by atoms with van der Waals surface area (Å²) in [5, 5.41) is 9.57. The van der Waals surface area contributed by atoms with Gasteiger partial charge in [0.05, 0.1) is 35.5 Å². The van der Waals surface area contributed by atoms with E-state index < -0.39 is 0 Å². The Bertz CT molecular complexity index is 1740. The third kappa shape index (κ3) is 3.35. The van der Waals surface area contributed by atoms with Gasteiger partial charge < -0.3 is 9.47 Å². The summed E-state index contributed by atoms with van der Waals surface area (Å²) < 4.78 is 15.4. The van der Waals surface area contributed by atoms with E-state index in [1.807, 2.05) is 66.2 Å². The van der Waals surface area contributed by atoms with Crippen LogP contribution in [0.1, 0.15) is 28.3 Å². The van der Waals surface area contributed by atoms with Gasteiger partial charge in [-0.15, -0.1) is 5.10 Å². The van der Waals surface area contributed by atoms with E-state index in [1.165, 1.54) is 0 Å². The van der Waals surface area contributed by atoms with Crippen molar-refractivity contribution < 1.29 is 9.47 Å². The highest BCUT2D eigenvalue weighted by Crippen LogP contribution is 2.49. The lowest BCUT2D eigenvalue weighted by molar-refractivity contribution is 0.402.